The van der Waals surface area contributed by atoms with Crippen LogP contribution in [-0.2, 0) is 0 Å². The van der Waals surface area contributed by atoms with Gasteiger partial charge in [-0.25, -0.2) is 4.98 Å². The van der Waals surface area contributed by atoms with Crippen molar-refractivity contribution >= 4 is 16.9 Å². The predicted molar refractivity (Wildman–Crippen MR) is 65.8 cm³/mol. The van der Waals surface area contributed by atoms with E-state index < -0.39 is 0 Å². The first-order chi connectivity index (χ1) is 8.34. The van der Waals surface area contributed by atoms with Gasteiger partial charge >= 0.3 is 0 Å². The SMILES string of the molecule is O=C(NC1CCCC1)c1c[nH]c2ncccc12. The van der Waals surface area contributed by atoms with Gasteiger partial charge in [0.15, 0.2) is 0 Å². The first-order valence-corrected chi connectivity index (χ1v) is 6.07. The number of fused-ring (bicyclic) bond motifs is 1. The second kappa shape index (κ2) is 4.20. The van der Waals surface area contributed by atoms with Crippen LogP contribution in [0.15, 0.2) is 24.5 Å². The van der Waals surface area contributed by atoms with Crippen molar-refractivity contribution in [2.24, 2.45) is 0 Å². The van der Waals surface area contributed by atoms with Gasteiger partial charge in [0.05, 0.1) is 5.56 Å². The van der Waals surface area contributed by atoms with Gasteiger partial charge in [-0.05, 0) is 25.0 Å². The highest BCUT2D eigenvalue weighted by atomic mass is 16.1. The third kappa shape index (κ3) is 1.90. The highest BCUT2D eigenvalue weighted by molar-refractivity contribution is 6.05. The van der Waals surface area contributed by atoms with E-state index in [9.17, 15) is 4.79 Å². The van der Waals surface area contributed by atoms with Crippen molar-refractivity contribution in [3.63, 3.8) is 0 Å². The van der Waals surface area contributed by atoms with E-state index in [4.69, 9.17) is 0 Å². The summed E-state index contributed by atoms with van der Waals surface area (Å²) in [4.78, 5) is 19.3. The van der Waals surface area contributed by atoms with E-state index in [-0.39, 0.29) is 5.91 Å². The average Bonchev–Trinajstić information content (AvgIpc) is 2.96. The van der Waals surface area contributed by atoms with Gasteiger partial charge < -0.3 is 10.3 Å². The van der Waals surface area contributed by atoms with Crippen LogP contribution in [0.1, 0.15) is 36.0 Å². The third-order valence-corrected chi connectivity index (χ3v) is 3.39. The van der Waals surface area contributed by atoms with Crippen LogP contribution in [0.25, 0.3) is 11.0 Å². The molecule has 17 heavy (non-hydrogen) atoms. The van der Waals surface area contributed by atoms with Crippen LogP contribution in [-0.4, -0.2) is 21.9 Å². The molecule has 3 rings (SSSR count). The van der Waals surface area contributed by atoms with Crippen LogP contribution in [0.5, 0.6) is 0 Å². The van der Waals surface area contributed by atoms with Crippen LogP contribution in [0, 0.1) is 0 Å². The topological polar surface area (TPSA) is 57.8 Å². The van der Waals surface area contributed by atoms with Crippen molar-refractivity contribution in [1.29, 1.82) is 0 Å². The van der Waals surface area contributed by atoms with Gasteiger partial charge in [0.2, 0.25) is 0 Å². The quantitative estimate of drug-likeness (QED) is 0.829. The van der Waals surface area contributed by atoms with Crippen LogP contribution in [0.2, 0.25) is 0 Å². The fourth-order valence-electron chi connectivity index (χ4n) is 2.48. The maximum absolute atomic E-state index is 12.1. The molecule has 0 saturated heterocycles. The molecular weight excluding hydrogens is 214 g/mol. The van der Waals surface area contributed by atoms with Gasteiger partial charge in [-0.15, -0.1) is 0 Å². The minimum Gasteiger partial charge on any atom is -0.349 e. The van der Waals surface area contributed by atoms with Crippen molar-refractivity contribution in [3.8, 4) is 0 Å². The molecular formula is C13H15N3O. The zero-order valence-electron chi connectivity index (χ0n) is 9.57. The molecule has 0 aliphatic heterocycles. The molecule has 0 unspecified atom stereocenters. The Kier molecular flexibility index (Phi) is 2.55. The molecule has 2 heterocycles. The summed E-state index contributed by atoms with van der Waals surface area (Å²) >= 11 is 0. The van der Waals surface area contributed by atoms with Crippen LogP contribution < -0.4 is 5.32 Å². The predicted octanol–water partition coefficient (Wildman–Crippen LogP) is 2.24. The second-order valence-electron chi connectivity index (χ2n) is 4.56. The molecule has 4 heteroatoms. The van der Waals surface area contributed by atoms with Gasteiger partial charge in [0.25, 0.3) is 5.91 Å². The zero-order valence-corrected chi connectivity index (χ0v) is 9.57. The van der Waals surface area contributed by atoms with E-state index in [1.807, 2.05) is 12.1 Å². The molecule has 1 aliphatic rings. The zero-order chi connectivity index (χ0) is 11.7. The molecule has 2 aromatic rings. The van der Waals surface area contributed by atoms with E-state index in [1.165, 1.54) is 12.8 Å². The Morgan fingerprint density at radius 1 is 1.41 bits per heavy atom. The van der Waals surface area contributed by atoms with Crippen molar-refractivity contribution in [2.75, 3.05) is 0 Å². The Bertz CT molecular complexity index is 540. The molecule has 1 aliphatic carbocycles. The number of hydrogen-bond acceptors (Lipinski definition) is 2. The summed E-state index contributed by atoms with van der Waals surface area (Å²) in [5.74, 6) is 0.0103. The number of aromatic amines is 1. The number of rotatable bonds is 2. The van der Waals surface area contributed by atoms with Crippen LogP contribution >= 0.6 is 0 Å². The number of hydrogen-bond donors (Lipinski definition) is 2. The molecule has 0 atom stereocenters. The number of carbonyl (C=O) groups excluding carboxylic acids is 1. The molecule has 1 amide bonds. The summed E-state index contributed by atoms with van der Waals surface area (Å²) < 4.78 is 0. The monoisotopic (exact) mass is 229 g/mol. The summed E-state index contributed by atoms with van der Waals surface area (Å²) in [6.45, 7) is 0. The molecule has 0 radical (unpaired) electrons. The molecule has 1 saturated carbocycles. The fraction of sp³-hybridized carbons (Fsp3) is 0.385. The summed E-state index contributed by atoms with van der Waals surface area (Å²) in [5.41, 5.74) is 1.46. The minimum atomic E-state index is 0.0103. The smallest absolute Gasteiger partial charge is 0.253 e. The van der Waals surface area contributed by atoms with Gasteiger partial charge in [0.1, 0.15) is 5.65 Å². The van der Waals surface area contributed by atoms with E-state index >= 15 is 0 Å². The molecule has 1 fully saturated rings. The number of amides is 1. The lowest BCUT2D eigenvalue weighted by Crippen LogP contribution is -2.32. The fourth-order valence-corrected chi connectivity index (χ4v) is 2.48. The first-order valence-electron chi connectivity index (χ1n) is 6.07. The van der Waals surface area contributed by atoms with Gasteiger partial charge in [-0.3, -0.25) is 4.79 Å². The summed E-state index contributed by atoms with van der Waals surface area (Å²) in [7, 11) is 0. The van der Waals surface area contributed by atoms with Crippen LogP contribution in [0.4, 0.5) is 0 Å². The molecule has 0 aromatic carbocycles. The Labute approximate surface area is 99.4 Å². The van der Waals surface area contributed by atoms with Gasteiger partial charge in [-0.1, -0.05) is 12.8 Å². The van der Waals surface area contributed by atoms with Crippen LogP contribution in [0.3, 0.4) is 0 Å². The number of H-pyrrole nitrogens is 1. The molecule has 0 bridgehead atoms. The number of nitrogens with zero attached hydrogens (tertiary/aromatic N) is 1. The van der Waals surface area contributed by atoms with Crippen molar-refractivity contribution in [2.45, 2.75) is 31.7 Å². The van der Waals surface area contributed by atoms with E-state index in [2.05, 4.69) is 15.3 Å². The lowest BCUT2D eigenvalue weighted by Gasteiger charge is -2.10. The summed E-state index contributed by atoms with van der Waals surface area (Å²) in [6, 6.07) is 4.12. The second-order valence-corrected chi connectivity index (χ2v) is 4.56. The Balaban J connectivity index is 1.85. The lowest BCUT2D eigenvalue weighted by atomic mass is 10.2. The maximum Gasteiger partial charge on any atom is 0.253 e. The largest absolute Gasteiger partial charge is 0.349 e. The number of carbonyl (C=O) groups is 1. The average molecular weight is 229 g/mol. The molecule has 0 spiro atoms. The van der Waals surface area contributed by atoms with E-state index in [1.54, 1.807) is 12.4 Å². The lowest BCUT2D eigenvalue weighted by molar-refractivity contribution is 0.0939. The standard InChI is InChI=1S/C13H15N3O/c17-13(16-9-4-1-2-5-9)11-8-15-12-10(11)6-3-7-14-12/h3,6-9H,1-2,4-5H2,(H,14,15)(H,16,17). The molecule has 4 nitrogen and oxygen atoms in total. The van der Waals surface area contributed by atoms with Crippen molar-refractivity contribution < 1.29 is 4.79 Å². The minimum absolute atomic E-state index is 0.0103. The third-order valence-electron chi connectivity index (χ3n) is 3.39. The summed E-state index contributed by atoms with van der Waals surface area (Å²) in [5, 5.41) is 3.98. The van der Waals surface area contributed by atoms with Crippen molar-refractivity contribution in [1.82, 2.24) is 15.3 Å². The molecule has 2 N–H and O–H groups in total. The number of aromatic nitrogens is 2. The normalized spacial score (nSPS) is 16.5. The highest BCUT2D eigenvalue weighted by Crippen LogP contribution is 2.20. The Morgan fingerprint density at radius 3 is 3.06 bits per heavy atom. The van der Waals surface area contributed by atoms with Gasteiger partial charge in [0, 0.05) is 23.8 Å². The van der Waals surface area contributed by atoms with E-state index in [0.29, 0.717) is 11.6 Å². The maximum atomic E-state index is 12.1. The number of pyridine rings is 1. The summed E-state index contributed by atoms with van der Waals surface area (Å²) in [6.07, 6.45) is 8.11. The Morgan fingerprint density at radius 2 is 2.24 bits per heavy atom. The van der Waals surface area contributed by atoms with E-state index in [0.717, 1.165) is 23.9 Å². The number of nitrogens with one attached hydrogen (secondary N) is 2. The Hall–Kier alpha value is -1.84. The first kappa shape index (κ1) is 10.3. The van der Waals surface area contributed by atoms with Gasteiger partial charge in [-0.2, -0.15) is 0 Å². The highest BCUT2D eigenvalue weighted by Gasteiger charge is 2.19. The van der Waals surface area contributed by atoms with Crippen molar-refractivity contribution in [3.05, 3.63) is 30.1 Å². The molecule has 88 valence electrons. The molecule has 2 aromatic heterocycles.